The Kier molecular flexibility index (Phi) is 6.99. The second-order valence-corrected chi connectivity index (χ2v) is 5.57. The highest BCUT2D eigenvalue weighted by Gasteiger charge is 2.87. The molecular weight excluding hydrogens is 531 g/mol. The van der Waals surface area contributed by atoms with Crippen LogP contribution in [0.15, 0.2) is 11.6 Å². The normalized spacial score (nSPS) is 16.3. The van der Waals surface area contributed by atoms with Crippen LogP contribution in [0.2, 0.25) is 0 Å². The Labute approximate surface area is 159 Å². The summed E-state index contributed by atoms with van der Waals surface area (Å²) in [6.45, 7) is 0. The molecule has 0 aliphatic heterocycles. The molecule has 0 aliphatic rings. The molecule has 0 atom stereocenters. The molecule has 0 rings (SSSR count). The molecule has 0 unspecified atom stereocenters. The van der Waals surface area contributed by atoms with E-state index in [0.717, 1.165) is 0 Å². The van der Waals surface area contributed by atoms with E-state index >= 15 is 0 Å². The summed E-state index contributed by atoms with van der Waals surface area (Å²) in [5.41, 5.74) is -31.1. The van der Waals surface area contributed by atoms with Gasteiger partial charge in [-0.15, -0.1) is 0 Å². The van der Waals surface area contributed by atoms with Crippen LogP contribution in [-0.2, 0) is 0 Å². The van der Waals surface area contributed by atoms with Crippen molar-refractivity contribution < 1.29 is 92.2 Å². The first-order chi connectivity index (χ1) is 13.3. The van der Waals surface area contributed by atoms with Gasteiger partial charge < -0.3 is 0 Å². The smallest absolute Gasteiger partial charge is 0.219 e. The topological polar surface area (TPSA) is 0 Å². The number of hydrogen-bond acceptors (Lipinski definition) is 0. The third kappa shape index (κ3) is 4.38. The largest absolute Gasteiger partial charge is 0.435 e. The highest BCUT2D eigenvalue weighted by atomic mass is 19.5. The minimum atomic E-state index is -8.56. The van der Waals surface area contributed by atoms with Gasteiger partial charge in [0.15, 0.2) is 0 Å². The van der Waals surface area contributed by atoms with E-state index in [1.165, 1.54) is 0 Å². The van der Waals surface area contributed by atoms with Crippen molar-refractivity contribution in [2.24, 2.45) is 0 Å². The molecule has 0 aromatic heterocycles. The molecule has 0 heterocycles. The summed E-state index contributed by atoms with van der Waals surface area (Å²) in [4.78, 5) is 0. The summed E-state index contributed by atoms with van der Waals surface area (Å²) < 4.78 is 267. The average molecular weight is 532 g/mol. The van der Waals surface area contributed by atoms with Gasteiger partial charge in [0.2, 0.25) is 0 Å². The van der Waals surface area contributed by atoms with Crippen LogP contribution in [0.25, 0.3) is 0 Å². The summed E-state index contributed by atoms with van der Waals surface area (Å²) >= 11 is 0. The summed E-state index contributed by atoms with van der Waals surface area (Å²) in [5, 5.41) is 0. The van der Waals surface area contributed by atoms with Crippen molar-refractivity contribution in [2.75, 3.05) is 0 Å². The predicted octanol–water partition coefficient (Wildman–Crippen LogP) is 7.41. The van der Waals surface area contributed by atoms with Gasteiger partial charge >= 0.3 is 54.1 Å². The standard InChI is InChI=1S/C11HF21/c12-3(6(15,16)17,7(18,19)20)1-2(4(13,8(21,22)23)9(24,25)26)5(14,10(27,28)29)11(30,31)32/h1H. The van der Waals surface area contributed by atoms with Gasteiger partial charge in [0, 0.05) is 5.57 Å². The minimum absolute atomic E-state index is 3.76. The maximum absolute atomic E-state index is 13.9. The Balaban J connectivity index is 8.27. The minimum Gasteiger partial charge on any atom is -0.219 e. The molecule has 21 heteroatoms. The quantitative estimate of drug-likeness (QED) is 0.263. The zero-order valence-electron chi connectivity index (χ0n) is 13.5. The molecule has 0 N–H and O–H groups in total. The Morgan fingerprint density at radius 3 is 0.625 bits per heavy atom. The van der Waals surface area contributed by atoms with E-state index in [0.29, 0.717) is 0 Å². The molecular formula is C11HF21. The second kappa shape index (κ2) is 7.39. The van der Waals surface area contributed by atoms with Crippen molar-refractivity contribution in [3.8, 4) is 0 Å². The highest BCUT2D eigenvalue weighted by molar-refractivity contribution is 5.39. The molecule has 0 nitrogen and oxygen atoms in total. The van der Waals surface area contributed by atoms with Crippen molar-refractivity contribution in [1.29, 1.82) is 0 Å². The van der Waals surface area contributed by atoms with Crippen molar-refractivity contribution in [3.05, 3.63) is 11.6 Å². The van der Waals surface area contributed by atoms with E-state index in [2.05, 4.69) is 0 Å². The summed E-state index contributed by atoms with van der Waals surface area (Å²) in [7, 11) is 0. The molecule has 0 saturated carbocycles. The van der Waals surface area contributed by atoms with Crippen LogP contribution in [0.4, 0.5) is 92.2 Å². The van der Waals surface area contributed by atoms with Crippen LogP contribution in [0.3, 0.4) is 0 Å². The lowest BCUT2D eigenvalue weighted by Crippen LogP contribution is -2.67. The molecule has 192 valence electrons. The first kappa shape index (κ1) is 30.3. The Morgan fingerprint density at radius 1 is 0.312 bits per heavy atom. The van der Waals surface area contributed by atoms with E-state index in [1.54, 1.807) is 0 Å². The van der Waals surface area contributed by atoms with Crippen LogP contribution >= 0.6 is 0 Å². The number of alkyl halides is 21. The number of allylic oxidation sites excluding steroid dienone is 2. The lowest BCUT2D eigenvalue weighted by Gasteiger charge is -2.41. The van der Waals surface area contributed by atoms with Crippen molar-refractivity contribution in [2.45, 2.75) is 54.1 Å². The van der Waals surface area contributed by atoms with Crippen LogP contribution < -0.4 is 0 Å². The molecule has 32 heavy (non-hydrogen) atoms. The van der Waals surface area contributed by atoms with Gasteiger partial charge in [-0.25, -0.2) is 13.2 Å². The lowest BCUT2D eigenvalue weighted by molar-refractivity contribution is -0.366. The van der Waals surface area contributed by atoms with E-state index in [1.807, 2.05) is 0 Å². The Bertz CT molecular complexity index is 617. The van der Waals surface area contributed by atoms with Crippen LogP contribution in [0.1, 0.15) is 0 Å². The predicted molar refractivity (Wildman–Crippen MR) is 55.9 cm³/mol. The van der Waals surface area contributed by atoms with Gasteiger partial charge in [0.05, 0.1) is 0 Å². The van der Waals surface area contributed by atoms with Crippen molar-refractivity contribution in [1.82, 2.24) is 0 Å². The fraction of sp³-hybridized carbons (Fsp3) is 0.818. The highest BCUT2D eigenvalue weighted by Crippen LogP contribution is 2.62. The van der Waals surface area contributed by atoms with Gasteiger partial charge in [0.25, 0.3) is 0 Å². The Morgan fingerprint density at radius 2 is 0.500 bits per heavy atom. The van der Waals surface area contributed by atoms with Gasteiger partial charge in [-0.2, -0.15) is 79.0 Å². The lowest BCUT2D eigenvalue weighted by atomic mass is 9.78. The fourth-order valence-electron chi connectivity index (χ4n) is 1.89. The zero-order valence-corrected chi connectivity index (χ0v) is 13.5. The molecule has 0 radical (unpaired) electrons. The van der Waals surface area contributed by atoms with Gasteiger partial charge in [-0.3, -0.25) is 0 Å². The number of hydrogen-bond donors (Lipinski definition) is 0. The molecule has 0 aliphatic carbocycles. The van der Waals surface area contributed by atoms with Gasteiger partial charge in [-0.1, -0.05) is 0 Å². The third-order valence-corrected chi connectivity index (χ3v) is 3.47. The van der Waals surface area contributed by atoms with Gasteiger partial charge in [-0.05, 0) is 6.08 Å². The molecule has 0 bridgehead atoms. The van der Waals surface area contributed by atoms with E-state index in [4.69, 9.17) is 0 Å². The second-order valence-electron chi connectivity index (χ2n) is 5.57. The average Bonchev–Trinajstić information content (AvgIpc) is 2.43. The van der Waals surface area contributed by atoms with Crippen molar-refractivity contribution in [3.63, 3.8) is 0 Å². The van der Waals surface area contributed by atoms with Gasteiger partial charge in [0.1, 0.15) is 0 Å². The summed E-state index contributed by atoms with van der Waals surface area (Å²) in [6.07, 6.45) is -53.0. The monoisotopic (exact) mass is 532 g/mol. The van der Waals surface area contributed by atoms with E-state index in [9.17, 15) is 92.2 Å². The maximum Gasteiger partial charge on any atom is 0.435 e. The zero-order chi connectivity index (χ0) is 26.8. The fourth-order valence-corrected chi connectivity index (χ4v) is 1.89. The molecule has 0 spiro atoms. The molecule has 0 aromatic rings. The Hall–Kier alpha value is -1.73. The SMILES string of the molecule is FC(F)(F)C(F)(C=C(C(F)(C(F)(F)F)C(F)(F)F)C(F)(C(F)(F)F)C(F)(F)F)C(F)(F)F. The third-order valence-electron chi connectivity index (χ3n) is 3.47. The first-order valence-electron chi connectivity index (χ1n) is 6.55. The van der Waals surface area contributed by atoms with Crippen LogP contribution in [-0.4, -0.2) is 54.1 Å². The number of halogens is 21. The summed E-state index contributed by atoms with van der Waals surface area (Å²) in [6, 6.07) is 0. The van der Waals surface area contributed by atoms with Crippen LogP contribution in [0, 0.1) is 0 Å². The molecule has 0 amide bonds. The number of rotatable bonds is 3. The molecule has 0 aromatic carbocycles. The molecule has 0 fully saturated rings. The van der Waals surface area contributed by atoms with Crippen molar-refractivity contribution >= 4 is 0 Å². The van der Waals surface area contributed by atoms with E-state index in [-0.39, 0.29) is 0 Å². The molecule has 0 saturated heterocycles. The van der Waals surface area contributed by atoms with Crippen LogP contribution in [0.5, 0.6) is 0 Å². The van der Waals surface area contributed by atoms with E-state index < -0.39 is 65.7 Å². The first-order valence-corrected chi connectivity index (χ1v) is 6.55. The maximum atomic E-state index is 13.9. The summed E-state index contributed by atoms with van der Waals surface area (Å²) in [5.74, 6) is 0.